The number of fused-ring (bicyclic) bond motifs is 1. The van der Waals surface area contributed by atoms with Gasteiger partial charge in [0.15, 0.2) is 15.0 Å². The standard InChI is InChI=1S/C22H25N3O3S2/c26-21(12-15-30(27,28)18-6-2-1-3-7-18)23-16-17-10-13-25(14-11-17)22-24-19-8-4-5-9-20(19)29-22/h1-9,17H,10-16H2,(H,23,26). The molecule has 0 bridgehead atoms. The molecule has 0 unspecified atom stereocenters. The molecule has 1 N–H and O–H groups in total. The number of amides is 1. The highest BCUT2D eigenvalue weighted by atomic mass is 32.2. The Morgan fingerprint density at radius 3 is 2.50 bits per heavy atom. The number of para-hydroxylation sites is 1. The van der Waals surface area contributed by atoms with Gasteiger partial charge in [0.2, 0.25) is 5.91 Å². The number of aromatic nitrogens is 1. The molecule has 1 amide bonds. The zero-order chi connectivity index (χ0) is 21.0. The maximum atomic E-state index is 12.3. The third-order valence-corrected chi connectivity index (χ3v) is 8.28. The minimum Gasteiger partial charge on any atom is -0.356 e. The lowest BCUT2D eigenvalue weighted by Crippen LogP contribution is -2.38. The minimum atomic E-state index is -3.42. The Hall–Kier alpha value is -2.45. The van der Waals surface area contributed by atoms with Gasteiger partial charge in [-0.25, -0.2) is 13.4 Å². The van der Waals surface area contributed by atoms with Crippen LogP contribution in [-0.4, -0.2) is 44.7 Å². The van der Waals surface area contributed by atoms with E-state index in [0.717, 1.165) is 36.6 Å². The second-order valence-corrected chi connectivity index (χ2v) is 10.7. The fraction of sp³-hybridized carbons (Fsp3) is 0.364. The number of piperidine rings is 1. The van der Waals surface area contributed by atoms with E-state index in [0.29, 0.717) is 12.5 Å². The monoisotopic (exact) mass is 443 g/mol. The summed E-state index contributed by atoms with van der Waals surface area (Å²) >= 11 is 1.72. The lowest BCUT2D eigenvalue weighted by atomic mass is 9.97. The summed E-state index contributed by atoms with van der Waals surface area (Å²) in [5.74, 6) is 0.0345. The van der Waals surface area contributed by atoms with Gasteiger partial charge in [0.25, 0.3) is 0 Å². The Morgan fingerprint density at radius 2 is 1.77 bits per heavy atom. The van der Waals surface area contributed by atoms with Crippen LogP contribution >= 0.6 is 11.3 Å². The summed E-state index contributed by atoms with van der Waals surface area (Å²) in [6.07, 6.45) is 1.96. The van der Waals surface area contributed by atoms with Crippen LogP contribution in [0.3, 0.4) is 0 Å². The van der Waals surface area contributed by atoms with E-state index >= 15 is 0 Å². The second-order valence-electron chi connectivity index (χ2n) is 7.58. The number of nitrogens with one attached hydrogen (secondary N) is 1. The van der Waals surface area contributed by atoms with E-state index < -0.39 is 9.84 Å². The Bertz CT molecular complexity index is 1070. The zero-order valence-corrected chi connectivity index (χ0v) is 18.3. The van der Waals surface area contributed by atoms with Gasteiger partial charge in [-0.3, -0.25) is 4.79 Å². The van der Waals surface area contributed by atoms with Crippen LogP contribution in [0.2, 0.25) is 0 Å². The lowest BCUT2D eigenvalue weighted by molar-refractivity contribution is -0.120. The fourth-order valence-electron chi connectivity index (χ4n) is 3.64. The molecule has 1 saturated heterocycles. The number of carbonyl (C=O) groups excluding carboxylic acids is 1. The van der Waals surface area contributed by atoms with Crippen molar-refractivity contribution in [3.05, 3.63) is 54.6 Å². The van der Waals surface area contributed by atoms with Crippen molar-refractivity contribution >= 4 is 42.4 Å². The molecule has 8 heteroatoms. The van der Waals surface area contributed by atoms with Gasteiger partial charge in [-0.15, -0.1) is 0 Å². The van der Waals surface area contributed by atoms with E-state index in [-0.39, 0.29) is 23.0 Å². The molecule has 1 aromatic heterocycles. The third kappa shape index (κ3) is 4.99. The summed E-state index contributed by atoms with van der Waals surface area (Å²) in [5.41, 5.74) is 1.04. The first-order valence-corrected chi connectivity index (χ1v) is 12.6. The topological polar surface area (TPSA) is 79.4 Å². The molecule has 0 aliphatic carbocycles. The van der Waals surface area contributed by atoms with Gasteiger partial charge in [0.1, 0.15) is 0 Å². The van der Waals surface area contributed by atoms with Crippen LogP contribution in [0.15, 0.2) is 59.5 Å². The Morgan fingerprint density at radius 1 is 1.07 bits per heavy atom. The van der Waals surface area contributed by atoms with Crippen molar-refractivity contribution in [2.75, 3.05) is 30.3 Å². The van der Waals surface area contributed by atoms with Gasteiger partial charge in [0.05, 0.1) is 20.9 Å². The first-order chi connectivity index (χ1) is 14.5. The van der Waals surface area contributed by atoms with Crippen molar-refractivity contribution in [2.24, 2.45) is 5.92 Å². The Kier molecular flexibility index (Phi) is 6.34. The first-order valence-electron chi connectivity index (χ1n) is 10.2. The highest BCUT2D eigenvalue weighted by Crippen LogP contribution is 2.31. The van der Waals surface area contributed by atoms with Crippen molar-refractivity contribution < 1.29 is 13.2 Å². The van der Waals surface area contributed by atoms with E-state index in [9.17, 15) is 13.2 Å². The molecular weight excluding hydrogens is 418 g/mol. The highest BCUT2D eigenvalue weighted by molar-refractivity contribution is 7.91. The number of hydrogen-bond acceptors (Lipinski definition) is 6. The summed E-state index contributed by atoms with van der Waals surface area (Å²) in [7, 11) is -3.42. The normalized spacial score (nSPS) is 15.4. The minimum absolute atomic E-state index is 0.0121. The van der Waals surface area contributed by atoms with E-state index in [1.54, 1.807) is 41.7 Å². The molecule has 2 heterocycles. The molecule has 0 saturated carbocycles. The third-order valence-electron chi connectivity index (χ3n) is 5.46. The quantitative estimate of drug-likeness (QED) is 0.605. The van der Waals surface area contributed by atoms with Gasteiger partial charge in [-0.1, -0.05) is 41.7 Å². The summed E-state index contributed by atoms with van der Waals surface area (Å²) in [4.78, 5) is 19.5. The van der Waals surface area contributed by atoms with Gasteiger partial charge in [-0.05, 0) is 43.0 Å². The predicted molar refractivity (Wildman–Crippen MR) is 121 cm³/mol. The summed E-state index contributed by atoms with van der Waals surface area (Å²) in [5, 5.41) is 3.98. The summed E-state index contributed by atoms with van der Waals surface area (Å²) in [6.45, 7) is 2.43. The maximum absolute atomic E-state index is 12.3. The fourth-order valence-corrected chi connectivity index (χ4v) is 5.92. The van der Waals surface area contributed by atoms with E-state index in [1.807, 2.05) is 18.2 Å². The SMILES string of the molecule is O=C(CCS(=O)(=O)c1ccccc1)NCC1CCN(c2nc3ccccc3s2)CC1. The van der Waals surface area contributed by atoms with Gasteiger partial charge in [0, 0.05) is 26.1 Å². The smallest absolute Gasteiger partial charge is 0.221 e. The largest absolute Gasteiger partial charge is 0.356 e. The molecule has 2 aromatic carbocycles. The van der Waals surface area contributed by atoms with Crippen molar-refractivity contribution in [2.45, 2.75) is 24.2 Å². The summed E-state index contributed by atoms with van der Waals surface area (Å²) in [6, 6.07) is 16.4. The second kappa shape index (κ2) is 9.14. The molecule has 1 aliphatic rings. The van der Waals surface area contributed by atoms with E-state index in [2.05, 4.69) is 16.3 Å². The Balaban J connectivity index is 1.21. The van der Waals surface area contributed by atoms with E-state index in [1.165, 1.54) is 4.70 Å². The van der Waals surface area contributed by atoms with Crippen LogP contribution in [0, 0.1) is 5.92 Å². The number of sulfone groups is 1. The molecular formula is C22H25N3O3S2. The molecule has 4 rings (SSSR count). The lowest BCUT2D eigenvalue weighted by Gasteiger charge is -2.31. The van der Waals surface area contributed by atoms with Crippen molar-refractivity contribution in [1.29, 1.82) is 0 Å². The van der Waals surface area contributed by atoms with Crippen molar-refractivity contribution in [1.82, 2.24) is 10.3 Å². The van der Waals surface area contributed by atoms with E-state index in [4.69, 9.17) is 4.98 Å². The van der Waals surface area contributed by atoms with Crippen LogP contribution in [0.5, 0.6) is 0 Å². The van der Waals surface area contributed by atoms with Gasteiger partial charge in [-0.2, -0.15) is 0 Å². The van der Waals surface area contributed by atoms with Crippen LogP contribution < -0.4 is 10.2 Å². The van der Waals surface area contributed by atoms with Gasteiger partial charge < -0.3 is 10.2 Å². The average molecular weight is 444 g/mol. The van der Waals surface area contributed by atoms with Crippen LogP contribution in [-0.2, 0) is 14.6 Å². The number of hydrogen-bond donors (Lipinski definition) is 1. The van der Waals surface area contributed by atoms with Crippen molar-refractivity contribution in [3.63, 3.8) is 0 Å². The molecule has 1 aliphatic heterocycles. The van der Waals surface area contributed by atoms with Crippen LogP contribution in [0.25, 0.3) is 10.2 Å². The number of nitrogens with zero attached hydrogens (tertiary/aromatic N) is 2. The number of benzene rings is 2. The van der Waals surface area contributed by atoms with Gasteiger partial charge >= 0.3 is 0 Å². The number of carbonyl (C=O) groups is 1. The molecule has 0 radical (unpaired) electrons. The average Bonchev–Trinajstić information content (AvgIpc) is 3.22. The molecule has 1 fully saturated rings. The molecule has 0 atom stereocenters. The zero-order valence-electron chi connectivity index (χ0n) is 16.7. The number of rotatable bonds is 7. The molecule has 158 valence electrons. The predicted octanol–water partition coefficient (Wildman–Crippen LogP) is 3.49. The van der Waals surface area contributed by atoms with Crippen LogP contribution in [0.4, 0.5) is 5.13 Å². The van der Waals surface area contributed by atoms with Crippen molar-refractivity contribution in [3.8, 4) is 0 Å². The number of thiazole rings is 1. The molecule has 6 nitrogen and oxygen atoms in total. The molecule has 3 aromatic rings. The highest BCUT2D eigenvalue weighted by Gasteiger charge is 2.22. The molecule has 0 spiro atoms. The molecule has 30 heavy (non-hydrogen) atoms. The number of anilines is 1. The summed E-state index contributed by atoms with van der Waals surface area (Å²) < 4.78 is 25.8. The first kappa shape index (κ1) is 20.8. The Labute approximate surface area is 180 Å². The maximum Gasteiger partial charge on any atom is 0.221 e. The van der Waals surface area contributed by atoms with Crippen LogP contribution in [0.1, 0.15) is 19.3 Å².